The Kier molecular flexibility index (Phi) is 11.7. The molecule has 2 amide bonds. The second-order valence-electron chi connectivity index (χ2n) is 12.5. The van der Waals surface area contributed by atoms with Crippen LogP contribution in [0.2, 0.25) is 0 Å². The Morgan fingerprint density at radius 3 is 2.47 bits per heavy atom. The van der Waals surface area contributed by atoms with E-state index < -0.39 is 29.6 Å². The molecule has 2 aromatic rings. The molecule has 0 N–H and O–H groups in total. The molecule has 238 valence electrons. The van der Waals surface area contributed by atoms with Gasteiger partial charge in [0.15, 0.2) is 5.69 Å². The van der Waals surface area contributed by atoms with Crippen molar-refractivity contribution < 1.29 is 33.0 Å². The zero-order chi connectivity index (χ0) is 31.9. The number of amides is 2. The minimum atomic E-state index is -0.729. The number of esters is 1. The molecule has 0 spiro atoms. The molecule has 0 saturated carbocycles. The normalized spacial score (nSPS) is 17.2. The lowest BCUT2D eigenvalue weighted by Gasteiger charge is -2.42. The quantitative estimate of drug-likeness (QED) is 0.271. The van der Waals surface area contributed by atoms with Gasteiger partial charge in [-0.25, -0.2) is 13.9 Å². The van der Waals surface area contributed by atoms with E-state index >= 15 is 0 Å². The number of carbonyl (C=O) groups is 3. The zero-order valence-corrected chi connectivity index (χ0v) is 26.7. The van der Waals surface area contributed by atoms with Crippen LogP contribution in [0.5, 0.6) is 0 Å². The molecule has 1 fully saturated rings. The van der Waals surface area contributed by atoms with Crippen molar-refractivity contribution in [3.05, 3.63) is 41.0 Å². The molecule has 43 heavy (non-hydrogen) atoms. The molecule has 3 rings (SSSR count). The number of aromatic nitrogens is 3. The number of nitrogens with zero attached hydrogens (tertiary/aromatic N) is 5. The van der Waals surface area contributed by atoms with Crippen molar-refractivity contribution in [1.29, 1.82) is 0 Å². The van der Waals surface area contributed by atoms with E-state index in [1.165, 1.54) is 18.1 Å². The molecule has 2 heterocycles. The van der Waals surface area contributed by atoms with Gasteiger partial charge in [-0.15, -0.1) is 5.10 Å². The summed E-state index contributed by atoms with van der Waals surface area (Å²) in [5.41, 5.74) is 1.11. The Labute approximate surface area is 253 Å². The fourth-order valence-electron chi connectivity index (χ4n) is 5.24. The van der Waals surface area contributed by atoms with E-state index in [4.69, 9.17) is 14.2 Å². The number of rotatable bonds is 11. The molecule has 1 aromatic carbocycles. The topological polar surface area (TPSA) is 116 Å². The van der Waals surface area contributed by atoms with Crippen LogP contribution in [0.25, 0.3) is 5.69 Å². The highest BCUT2D eigenvalue weighted by Crippen LogP contribution is 2.27. The zero-order valence-electron chi connectivity index (χ0n) is 26.7. The fraction of sp³-hybridized carbons (Fsp3) is 0.645. The fourth-order valence-corrected chi connectivity index (χ4v) is 5.24. The number of aryl methyl sites for hydroxylation is 1. The minimum Gasteiger partial charge on any atom is -0.469 e. The van der Waals surface area contributed by atoms with Crippen molar-refractivity contribution in [3.8, 4) is 5.69 Å². The second-order valence-corrected chi connectivity index (χ2v) is 12.5. The molecule has 1 saturated heterocycles. The van der Waals surface area contributed by atoms with Gasteiger partial charge in [0.05, 0.1) is 30.5 Å². The summed E-state index contributed by atoms with van der Waals surface area (Å²) in [6, 6.07) is 4.15. The Morgan fingerprint density at radius 2 is 1.86 bits per heavy atom. The summed E-state index contributed by atoms with van der Waals surface area (Å²) in [6.07, 6.45) is 1.73. The van der Waals surface area contributed by atoms with Crippen LogP contribution in [-0.4, -0.2) is 94.9 Å². The maximum Gasteiger partial charge on any atom is 0.410 e. The van der Waals surface area contributed by atoms with Crippen LogP contribution in [-0.2, 0) is 25.4 Å². The summed E-state index contributed by atoms with van der Waals surface area (Å²) in [7, 11) is 2.95. The SMILES string of the molecule is COCCCCc1c(C(=O)N(CC(C)C)C2C[C@@H](C(=O)OC)CN(C(=O)OC(C)(C)C)C2)nnn1-c1ccc(F)c(C)c1. The summed E-state index contributed by atoms with van der Waals surface area (Å²) < 4.78 is 31.5. The van der Waals surface area contributed by atoms with Gasteiger partial charge in [-0.05, 0) is 83.1 Å². The van der Waals surface area contributed by atoms with E-state index in [9.17, 15) is 18.8 Å². The average molecular weight is 604 g/mol. The lowest BCUT2D eigenvalue weighted by molar-refractivity contribution is -0.148. The Bertz CT molecular complexity index is 1270. The summed E-state index contributed by atoms with van der Waals surface area (Å²) in [5.74, 6) is -1.69. The third-order valence-electron chi connectivity index (χ3n) is 7.24. The van der Waals surface area contributed by atoms with Gasteiger partial charge in [-0.1, -0.05) is 19.1 Å². The monoisotopic (exact) mass is 603 g/mol. The number of carbonyl (C=O) groups excluding carboxylic acids is 3. The van der Waals surface area contributed by atoms with E-state index in [0.29, 0.717) is 49.4 Å². The molecule has 0 bridgehead atoms. The molecule has 1 aliphatic heterocycles. The predicted octanol–water partition coefficient (Wildman–Crippen LogP) is 4.58. The van der Waals surface area contributed by atoms with Crippen molar-refractivity contribution in [2.45, 2.75) is 78.9 Å². The van der Waals surface area contributed by atoms with Crippen LogP contribution < -0.4 is 0 Å². The van der Waals surface area contributed by atoms with Crippen molar-refractivity contribution in [1.82, 2.24) is 24.8 Å². The molecule has 1 aliphatic rings. The Morgan fingerprint density at radius 1 is 1.14 bits per heavy atom. The number of ether oxygens (including phenoxy) is 3. The van der Waals surface area contributed by atoms with Gasteiger partial charge in [0, 0.05) is 33.4 Å². The maximum atomic E-state index is 14.4. The summed E-state index contributed by atoms with van der Waals surface area (Å²) >= 11 is 0. The Hall–Kier alpha value is -3.54. The lowest BCUT2D eigenvalue weighted by Crippen LogP contribution is -2.57. The molecular weight excluding hydrogens is 557 g/mol. The van der Waals surface area contributed by atoms with Crippen molar-refractivity contribution in [2.75, 3.05) is 40.5 Å². The third-order valence-corrected chi connectivity index (χ3v) is 7.24. The summed E-state index contributed by atoms with van der Waals surface area (Å²) in [6.45, 7) is 12.2. The minimum absolute atomic E-state index is 0.0809. The van der Waals surface area contributed by atoms with Gasteiger partial charge < -0.3 is 24.0 Å². The number of benzene rings is 1. The first-order valence-electron chi connectivity index (χ1n) is 14.8. The average Bonchev–Trinajstić information content (AvgIpc) is 3.37. The Balaban J connectivity index is 2.03. The largest absolute Gasteiger partial charge is 0.469 e. The number of unbranched alkanes of at least 4 members (excludes halogenated alkanes) is 1. The van der Waals surface area contributed by atoms with Gasteiger partial charge >= 0.3 is 12.1 Å². The molecule has 1 unspecified atom stereocenters. The summed E-state index contributed by atoms with van der Waals surface area (Å²) in [5, 5.41) is 8.67. The maximum absolute atomic E-state index is 14.4. The van der Waals surface area contributed by atoms with Crippen LogP contribution in [0, 0.1) is 24.6 Å². The van der Waals surface area contributed by atoms with E-state index in [0.717, 1.165) is 6.42 Å². The van der Waals surface area contributed by atoms with Crippen LogP contribution in [0.4, 0.5) is 9.18 Å². The van der Waals surface area contributed by atoms with Gasteiger partial charge in [-0.2, -0.15) is 0 Å². The van der Waals surface area contributed by atoms with E-state index in [-0.39, 0.29) is 36.4 Å². The number of halogens is 1. The van der Waals surface area contributed by atoms with Crippen LogP contribution in [0.1, 0.15) is 75.6 Å². The highest BCUT2D eigenvalue weighted by molar-refractivity contribution is 5.94. The first-order valence-corrected chi connectivity index (χ1v) is 14.8. The van der Waals surface area contributed by atoms with Crippen molar-refractivity contribution >= 4 is 18.0 Å². The van der Waals surface area contributed by atoms with Gasteiger partial charge in [0.1, 0.15) is 11.4 Å². The van der Waals surface area contributed by atoms with Gasteiger partial charge in [-0.3, -0.25) is 9.59 Å². The molecule has 11 nitrogen and oxygen atoms in total. The van der Waals surface area contributed by atoms with Crippen molar-refractivity contribution in [2.24, 2.45) is 11.8 Å². The highest BCUT2D eigenvalue weighted by Gasteiger charge is 2.41. The number of hydrogen-bond donors (Lipinski definition) is 0. The van der Waals surface area contributed by atoms with E-state index in [1.54, 1.807) is 56.5 Å². The first-order chi connectivity index (χ1) is 20.2. The van der Waals surface area contributed by atoms with E-state index in [1.807, 2.05) is 13.8 Å². The van der Waals surface area contributed by atoms with Crippen molar-refractivity contribution in [3.63, 3.8) is 0 Å². The number of methoxy groups -OCH3 is 2. The molecule has 12 heteroatoms. The van der Waals surface area contributed by atoms with E-state index in [2.05, 4.69) is 10.3 Å². The first kappa shape index (κ1) is 34.0. The standard InChI is InChI=1S/C31H46FN5O6/c1-20(2)17-36(24-16-22(29(39)42-8)18-35(19-24)30(40)43-31(4,5)6)28(38)27-26(11-9-10-14-41-7)37(34-33-27)23-12-13-25(32)21(3)15-23/h12-13,15,20,22,24H,9-11,14,16-19H2,1-8H3/t22-,24?/m1/s1. The number of likely N-dealkylation sites (tertiary alicyclic amines) is 1. The highest BCUT2D eigenvalue weighted by atomic mass is 19.1. The predicted molar refractivity (Wildman–Crippen MR) is 158 cm³/mol. The van der Waals surface area contributed by atoms with Gasteiger partial charge in [0.2, 0.25) is 0 Å². The molecule has 2 atom stereocenters. The smallest absolute Gasteiger partial charge is 0.410 e. The number of piperidine rings is 1. The van der Waals surface area contributed by atoms with Crippen LogP contribution in [0.3, 0.4) is 0 Å². The lowest BCUT2D eigenvalue weighted by atomic mass is 9.92. The molecule has 0 aliphatic carbocycles. The second kappa shape index (κ2) is 14.8. The molecule has 0 radical (unpaired) electrons. The summed E-state index contributed by atoms with van der Waals surface area (Å²) in [4.78, 5) is 43.4. The molecular formula is C31H46FN5O6. The number of hydrogen-bond acceptors (Lipinski definition) is 8. The van der Waals surface area contributed by atoms with Gasteiger partial charge in [0.25, 0.3) is 5.91 Å². The van der Waals surface area contributed by atoms with Crippen LogP contribution in [0.15, 0.2) is 18.2 Å². The molecule has 1 aromatic heterocycles. The van der Waals surface area contributed by atoms with Crippen LogP contribution >= 0.6 is 0 Å². The third kappa shape index (κ3) is 8.98.